The molecule has 0 unspecified atom stereocenters. The minimum Gasteiger partial charge on any atom is -0.391 e. The van der Waals surface area contributed by atoms with E-state index in [1.165, 1.54) is 0 Å². The second kappa shape index (κ2) is 4.85. The second-order valence-corrected chi connectivity index (χ2v) is 4.69. The number of aliphatic hydroxyl groups excluding tert-OH is 1. The Morgan fingerprint density at radius 1 is 1.32 bits per heavy atom. The third kappa shape index (κ3) is 2.37. The lowest BCUT2D eigenvalue weighted by Gasteiger charge is -2.15. The molecule has 1 saturated heterocycles. The first kappa shape index (κ1) is 11.9. The van der Waals surface area contributed by atoms with Gasteiger partial charge in [0.25, 0.3) is 5.91 Å². The number of rotatable bonds is 2. The van der Waals surface area contributed by atoms with Crippen LogP contribution in [0.1, 0.15) is 16.8 Å². The van der Waals surface area contributed by atoms with Crippen LogP contribution in [0.5, 0.6) is 0 Å². The molecule has 1 aliphatic heterocycles. The van der Waals surface area contributed by atoms with E-state index < -0.39 is 0 Å². The highest BCUT2D eigenvalue weighted by atomic mass is 16.3. The molecule has 1 fully saturated rings. The van der Waals surface area contributed by atoms with Crippen molar-refractivity contribution in [2.24, 2.45) is 0 Å². The maximum atomic E-state index is 12.2. The van der Waals surface area contributed by atoms with Crippen LogP contribution in [0.3, 0.4) is 0 Å². The first-order valence-electron chi connectivity index (χ1n) is 6.31. The number of benzene rings is 1. The molecule has 1 aromatic carbocycles. The van der Waals surface area contributed by atoms with E-state index in [-0.39, 0.29) is 12.0 Å². The van der Waals surface area contributed by atoms with Gasteiger partial charge in [0.1, 0.15) is 0 Å². The monoisotopic (exact) mass is 257 g/mol. The predicted molar refractivity (Wildman–Crippen MR) is 70.1 cm³/mol. The van der Waals surface area contributed by atoms with Crippen molar-refractivity contribution in [2.75, 3.05) is 13.1 Å². The molecule has 2 aromatic rings. The van der Waals surface area contributed by atoms with Gasteiger partial charge in [0.05, 0.1) is 11.8 Å². The summed E-state index contributed by atoms with van der Waals surface area (Å²) in [5, 5.41) is 13.6. The van der Waals surface area contributed by atoms with Gasteiger partial charge in [0, 0.05) is 31.0 Å². The molecule has 0 spiro atoms. The van der Waals surface area contributed by atoms with Crippen molar-refractivity contribution in [3.8, 4) is 5.69 Å². The number of aromatic nitrogens is 2. The standard InChI is InChI=1S/C14H15N3O2/c18-13-6-9-16(10-13)14(19)11-2-4-12(5-3-11)17-8-1-7-15-17/h1-5,7-8,13,18H,6,9-10H2/t13-/m0/s1. The summed E-state index contributed by atoms with van der Waals surface area (Å²) in [4.78, 5) is 13.9. The fourth-order valence-electron chi connectivity index (χ4n) is 2.29. The smallest absolute Gasteiger partial charge is 0.253 e. The predicted octanol–water partition coefficient (Wildman–Crippen LogP) is 1.08. The van der Waals surface area contributed by atoms with Crippen molar-refractivity contribution < 1.29 is 9.90 Å². The molecule has 1 amide bonds. The molecule has 1 N–H and O–H groups in total. The highest BCUT2D eigenvalue weighted by Gasteiger charge is 2.25. The van der Waals surface area contributed by atoms with E-state index in [2.05, 4.69) is 5.10 Å². The molecule has 0 aliphatic carbocycles. The van der Waals surface area contributed by atoms with Crippen LogP contribution in [0.25, 0.3) is 5.69 Å². The topological polar surface area (TPSA) is 58.4 Å². The van der Waals surface area contributed by atoms with Gasteiger partial charge in [-0.15, -0.1) is 0 Å². The highest BCUT2D eigenvalue weighted by molar-refractivity contribution is 5.94. The molecule has 1 aliphatic rings. The summed E-state index contributed by atoms with van der Waals surface area (Å²) in [6.07, 6.45) is 3.85. The number of amides is 1. The zero-order valence-electron chi connectivity index (χ0n) is 10.4. The van der Waals surface area contributed by atoms with E-state index in [0.29, 0.717) is 25.1 Å². The number of carbonyl (C=O) groups excluding carboxylic acids is 1. The lowest BCUT2D eigenvalue weighted by molar-refractivity contribution is 0.0765. The van der Waals surface area contributed by atoms with Gasteiger partial charge in [0.2, 0.25) is 0 Å². The van der Waals surface area contributed by atoms with E-state index >= 15 is 0 Å². The van der Waals surface area contributed by atoms with Gasteiger partial charge >= 0.3 is 0 Å². The van der Waals surface area contributed by atoms with Gasteiger partial charge in [-0.1, -0.05) is 0 Å². The van der Waals surface area contributed by atoms with E-state index in [9.17, 15) is 9.90 Å². The van der Waals surface area contributed by atoms with Crippen molar-refractivity contribution in [3.63, 3.8) is 0 Å². The first-order valence-corrected chi connectivity index (χ1v) is 6.31. The number of carbonyl (C=O) groups is 1. The Morgan fingerprint density at radius 2 is 2.11 bits per heavy atom. The summed E-state index contributed by atoms with van der Waals surface area (Å²) in [6.45, 7) is 1.06. The average Bonchev–Trinajstić information content (AvgIpc) is 3.09. The highest BCUT2D eigenvalue weighted by Crippen LogP contribution is 2.15. The molecule has 98 valence electrons. The zero-order chi connectivity index (χ0) is 13.2. The summed E-state index contributed by atoms with van der Waals surface area (Å²) in [5.41, 5.74) is 1.56. The van der Waals surface area contributed by atoms with Crippen LogP contribution >= 0.6 is 0 Å². The molecule has 0 radical (unpaired) electrons. The van der Waals surface area contributed by atoms with Crippen LogP contribution in [0, 0.1) is 0 Å². The Bertz CT molecular complexity index is 563. The summed E-state index contributed by atoms with van der Waals surface area (Å²) >= 11 is 0. The Hall–Kier alpha value is -2.14. The SMILES string of the molecule is O=C(c1ccc(-n2cccn2)cc1)N1CC[C@H](O)C1. The summed E-state index contributed by atoms with van der Waals surface area (Å²) in [7, 11) is 0. The number of nitrogens with zero attached hydrogens (tertiary/aromatic N) is 3. The maximum Gasteiger partial charge on any atom is 0.253 e. The zero-order valence-corrected chi connectivity index (χ0v) is 10.4. The van der Waals surface area contributed by atoms with E-state index in [0.717, 1.165) is 5.69 Å². The van der Waals surface area contributed by atoms with Crippen LogP contribution in [0.2, 0.25) is 0 Å². The van der Waals surface area contributed by atoms with Crippen LogP contribution in [-0.2, 0) is 0 Å². The van der Waals surface area contributed by atoms with E-state index in [1.54, 1.807) is 27.9 Å². The van der Waals surface area contributed by atoms with Crippen LogP contribution in [-0.4, -0.2) is 44.9 Å². The van der Waals surface area contributed by atoms with Gasteiger partial charge < -0.3 is 10.0 Å². The molecule has 1 atom stereocenters. The number of hydrogen-bond donors (Lipinski definition) is 1. The molecule has 2 heterocycles. The Morgan fingerprint density at radius 3 is 2.68 bits per heavy atom. The minimum atomic E-state index is -0.382. The van der Waals surface area contributed by atoms with E-state index in [1.807, 2.05) is 24.4 Å². The van der Waals surface area contributed by atoms with Gasteiger partial charge in [-0.05, 0) is 36.8 Å². The van der Waals surface area contributed by atoms with Crippen molar-refractivity contribution in [3.05, 3.63) is 48.3 Å². The van der Waals surface area contributed by atoms with Crippen molar-refractivity contribution in [1.29, 1.82) is 0 Å². The molecule has 5 nitrogen and oxygen atoms in total. The quantitative estimate of drug-likeness (QED) is 0.875. The molecule has 1 aromatic heterocycles. The molecule has 19 heavy (non-hydrogen) atoms. The van der Waals surface area contributed by atoms with Crippen LogP contribution in [0.4, 0.5) is 0 Å². The van der Waals surface area contributed by atoms with E-state index in [4.69, 9.17) is 0 Å². The van der Waals surface area contributed by atoms with Crippen molar-refractivity contribution in [2.45, 2.75) is 12.5 Å². The first-order chi connectivity index (χ1) is 9.24. The van der Waals surface area contributed by atoms with Crippen LogP contribution in [0.15, 0.2) is 42.7 Å². The normalized spacial score (nSPS) is 18.8. The third-order valence-corrected chi connectivity index (χ3v) is 3.33. The van der Waals surface area contributed by atoms with Crippen molar-refractivity contribution >= 4 is 5.91 Å². The Kier molecular flexibility index (Phi) is 3.05. The molecule has 5 heteroatoms. The van der Waals surface area contributed by atoms with Gasteiger partial charge in [-0.2, -0.15) is 5.10 Å². The molecular formula is C14H15N3O2. The second-order valence-electron chi connectivity index (χ2n) is 4.69. The summed E-state index contributed by atoms with van der Waals surface area (Å²) in [5.74, 6) is -0.0245. The number of likely N-dealkylation sites (tertiary alicyclic amines) is 1. The van der Waals surface area contributed by atoms with Crippen molar-refractivity contribution in [1.82, 2.24) is 14.7 Å². The number of hydrogen-bond acceptors (Lipinski definition) is 3. The number of β-amino-alcohol motifs (C(OH)–C–C–N with tert-alkyl or cyclic N) is 1. The third-order valence-electron chi connectivity index (χ3n) is 3.33. The fraction of sp³-hybridized carbons (Fsp3) is 0.286. The lowest BCUT2D eigenvalue weighted by Crippen LogP contribution is -2.29. The maximum absolute atomic E-state index is 12.2. The van der Waals surface area contributed by atoms with Crippen LogP contribution < -0.4 is 0 Å². The molecule has 3 rings (SSSR count). The summed E-state index contributed by atoms with van der Waals surface area (Å²) in [6, 6.07) is 9.18. The van der Waals surface area contributed by atoms with Gasteiger partial charge in [-0.25, -0.2) is 4.68 Å². The Labute approximate surface area is 111 Å². The van der Waals surface area contributed by atoms with Gasteiger partial charge in [-0.3, -0.25) is 4.79 Å². The molecule has 0 bridgehead atoms. The minimum absolute atomic E-state index is 0.0245. The number of aliphatic hydroxyl groups is 1. The molecular weight excluding hydrogens is 242 g/mol. The molecule has 0 saturated carbocycles. The average molecular weight is 257 g/mol. The van der Waals surface area contributed by atoms with Gasteiger partial charge in [0.15, 0.2) is 0 Å². The summed E-state index contributed by atoms with van der Waals surface area (Å²) < 4.78 is 1.74. The lowest BCUT2D eigenvalue weighted by atomic mass is 10.2. The Balaban J connectivity index is 1.77. The fourth-order valence-corrected chi connectivity index (χ4v) is 2.29. The largest absolute Gasteiger partial charge is 0.391 e.